The van der Waals surface area contributed by atoms with Gasteiger partial charge < -0.3 is 9.47 Å². The van der Waals surface area contributed by atoms with Crippen LogP contribution in [0.1, 0.15) is 12.5 Å². The fourth-order valence-electron chi connectivity index (χ4n) is 2.98. The second kappa shape index (κ2) is 6.79. The summed E-state index contributed by atoms with van der Waals surface area (Å²) in [5, 5.41) is 6.03. The van der Waals surface area contributed by atoms with Gasteiger partial charge in [0.2, 0.25) is 6.79 Å². The number of nitrogens with zero attached hydrogens (tertiary/aromatic N) is 2. The van der Waals surface area contributed by atoms with Crippen LogP contribution in [-0.2, 0) is 6.42 Å². The lowest BCUT2D eigenvalue weighted by Gasteiger charge is -1.99. The molecular weight excluding hydrogens is 376 g/mol. The van der Waals surface area contributed by atoms with Crippen molar-refractivity contribution >= 4 is 22.7 Å². The molecule has 0 radical (unpaired) electrons. The Bertz CT molecular complexity index is 1100. The molecule has 0 fully saturated rings. The first kappa shape index (κ1) is 16.5. The zero-order valence-corrected chi connectivity index (χ0v) is 16.3. The molecule has 2 aromatic carbocycles. The van der Waals surface area contributed by atoms with Gasteiger partial charge in [-0.05, 0) is 30.2 Å². The Balaban J connectivity index is 1.42. The average molecular weight is 393 g/mol. The molecule has 5 rings (SSSR count). The Labute approximate surface area is 165 Å². The summed E-state index contributed by atoms with van der Waals surface area (Å²) >= 11 is 3.24. The van der Waals surface area contributed by atoms with Crippen LogP contribution in [0, 0.1) is 0 Å². The molecule has 0 aliphatic carbocycles. The van der Waals surface area contributed by atoms with Crippen LogP contribution in [0.25, 0.3) is 32.5 Å². The number of benzene rings is 2. The minimum Gasteiger partial charge on any atom is -0.454 e. The van der Waals surface area contributed by atoms with Crippen LogP contribution in [0.3, 0.4) is 0 Å². The molecular formula is C21H16N2O2S2. The van der Waals surface area contributed by atoms with Gasteiger partial charge in [0.25, 0.3) is 0 Å². The van der Waals surface area contributed by atoms with Crippen molar-refractivity contribution in [2.24, 2.45) is 0 Å². The molecule has 0 saturated heterocycles. The third kappa shape index (κ3) is 3.11. The van der Waals surface area contributed by atoms with Crippen molar-refractivity contribution in [1.82, 2.24) is 9.97 Å². The van der Waals surface area contributed by atoms with Crippen LogP contribution in [0.15, 0.2) is 53.2 Å². The summed E-state index contributed by atoms with van der Waals surface area (Å²) in [7, 11) is 0. The van der Waals surface area contributed by atoms with E-state index in [4.69, 9.17) is 19.4 Å². The van der Waals surface area contributed by atoms with Gasteiger partial charge in [-0.15, -0.1) is 22.7 Å². The van der Waals surface area contributed by atoms with Gasteiger partial charge in [0.15, 0.2) is 21.5 Å². The van der Waals surface area contributed by atoms with Crippen molar-refractivity contribution in [3.8, 4) is 44.0 Å². The van der Waals surface area contributed by atoms with Crippen molar-refractivity contribution < 1.29 is 9.47 Å². The third-order valence-corrected chi connectivity index (χ3v) is 6.34. The summed E-state index contributed by atoms with van der Waals surface area (Å²) in [4.78, 5) is 9.57. The number of aromatic nitrogens is 2. The first-order valence-electron chi connectivity index (χ1n) is 8.71. The van der Waals surface area contributed by atoms with E-state index >= 15 is 0 Å². The van der Waals surface area contributed by atoms with Gasteiger partial charge in [0.1, 0.15) is 0 Å². The summed E-state index contributed by atoms with van der Waals surface area (Å²) in [6.07, 6.45) is 1.05. The maximum absolute atomic E-state index is 5.46. The van der Waals surface area contributed by atoms with E-state index in [1.807, 2.05) is 18.2 Å². The maximum atomic E-state index is 5.46. The van der Waals surface area contributed by atoms with Crippen LogP contribution in [0.5, 0.6) is 11.5 Å². The predicted molar refractivity (Wildman–Crippen MR) is 110 cm³/mol. The zero-order chi connectivity index (χ0) is 18.2. The normalized spacial score (nSPS) is 12.5. The molecule has 27 heavy (non-hydrogen) atoms. The summed E-state index contributed by atoms with van der Waals surface area (Å²) in [6, 6.07) is 14.5. The Kier molecular flexibility index (Phi) is 4.14. The number of thiazole rings is 2. The van der Waals surface area contributed by atoms with Crippen molar-refractivity contribution in [2.75, 3.05) is 6.79 Å². The molecule has 0 N–H and O–H groups in total. The summed E-state index contributed by atoms with van der Waals surface area (Å²) in [5.74, 6) is 1.56. The standard InChI is InChI=1S/C21H16N2O2S2/c1-2-13-3-5-14(6-4-13)16-10-26-20(22-16)21-23-17(11-27-21)15-7-8-18-19(9-15)25-12-24-18/h3-11H,2,12H2,1H3. The molecule has 4 nitrogen and oxygen atoms in total. The molecule has 4 aromatic rings. The first-order chi connectivity index (χ1) is 13.3. The predicted octanol–water partition coefficient (Wildman–Crippen LogP) is 5.89. The van der Waals surface area contributed by atoms with Gasteiger partial charge in [-0.1, -0.05) is 31.2 Å². The van der Waals surface area contributed by atoms with Gasteiger partial charge in [-0.25, -0.2) is 9.97 Å². The highest BCUT2D eigenvalue weighted by atomic mass is 32.1. The molecule has 0 unspecified atom stereocenters. The number of rotatable bonds is 4. The lowest BCUT2D eigenvalue weighted by molar-refractivity contribution is 0.174. The number of hydrogen-bond donors (Lipinski definition) is 0. The Hall–Kier alpha value is -2.70. The van der Waals surface area contributed by atoms with Crippen LogP contribution in [0.4, 0.5) is 0 Å². The number of aryl methyl sites for hydroxylation is 1. The van der Waals surface area contributed by atoms with Gasteiger partial charge in [-0.3, -0.25) is 0 Å². The topological polar surface area (TPSA) is 44.2 Å². The average Bonchev–Trinajstić information content (AvgIpc) is 3.47. The highest BCUT2D eigenvalue weighted by Crippen LogP contribution is 2.38. The molecule has 1 aliphatic heterocycles. The van der Waals surface area contributed by atoms with Crippen molar-refractivity contribution in [3.05, 3.63) is 58.8 Å². The Morgan fingerprint density at radius 1 is 0.815 bits per heavy atom. The van der Waals surface area contributed by atoms with Gasteiger partial charge >= 0.3 is 0 Å². The lowest BCUT2D eigenvalue weighted by atomic mass is 10.1. The smallest absolute Gasteiger partial charge is 0.231 e. The SMILES string of the molecule is CCc1ccc(-c2csc(-c3nc(-c4ccc5c(c4)OCO5)cs3)n2)cc1. The molecule has 0 bridgehead atoms. The van der Waals surface area contributed by atoms with E-state index in [1.165, 1.54) is 5.56 Å². The first-order valence-corrected chi connectivity index (χ1v) is 10.5. The minimum absolute atomic E-state index is 0.280. The van der Waals surface area contributed by atoms with Crippen molar-refractivity contribution in [3.63, 3.8) is 0 Å². The van der Waals surface area contributed by atoms with Gasteiger partial charge in [0, 0.05) is 21.9 Å². The van der Waals surface area contributed by atoms with E-state index in [0.717, 1.165) is 50.4 Å². The van der Waals surface area contributed by atoms with E-state index in [-0.39, 0.29) is 6.79 Å². The second-order valence-electron chi connectivity index (χ2n) is 6.19. The number of hydrogen-bond acceptors (Lipinski definition) is 6. The van der Waals surface area contributed by atoms with E-state index in [0.29, 0.717) is 0 Å². The quantitative estimate of drug-likeness (QED) is 0.434. The third-order valence-electron chi connectivity index (χ3n) is 4.52. The van der Waals surface area contributed by atoms with Crippen LogP contribution in [-0.4, -0.2) is 16.8 Å². The lowest BCUT2D eigenvalue weighted by Crippen LogP contribution is -1.92. The highest BCUT2D eigenvalue weighted by molar-refractivity contribution is 7.20. The second-order valence-corrected chi connectivity index (χ2v) is 7.91. The van der Waals surface area contributed by atoms with E-state index in [9.17, 15) is 0 Å². The van der Waals surface area contributed by atoms with E-state index in [1.54, 1.807) is 22.7 Å². The van der Waals surface area contributed by atoms with E-state index < -0.39 is 0 Å². The van der Waals surface area contributed by atoms with Crippen LogP contribution >= 0.6 is 22.7 Å². The molecule has 3 heterocycles. The van der Waals surface area contributed by atoms with Gasteiger partial charge in [0.05, 0.1) is 11.4 Å². The summed E-state index contributed by atoms with van der Waals surface area (Å²) < 4.78 is 10.8. The summed E-state index contributed by atoms with van der Waals surface area (Å²) in [5.41, 5.74) is 5.42. The van der Waals surface area contributed by atoms with Crippen molar-refractivity contribution in [1.29, 1.82) is 0 Å². The fraction of sp³-hybridized carbons (Fsp3) is 0.143. The maximum Gasteiger partial charge on any atom is 0.231 e. The molecule has 0 amide bonds. The van der Waals surface area contributed by atoms with Gasteiger partial charge in [-0.2, -0.15) is 0 Å². The zero-order valence-electron chi connectivity index (χ0n) is 14.6. The van der Waals surface area contributed by atoms with Crippen LogP contribution in [0.2, 0.25) is 0 Å². The van der Waals surface area contributed by atoms with E-state index in [2.05, 4.69) is 41.9 Å². The molecule has 0 atom stereocenters. The molecule has 1 aliphatic rings. The number of ether oxygens (including phenoxy) is 2. The molecule has 2 aromatic heterocycles. The van der Waals surface area contributed by atoms with Crippen molar-refractivity contribution in [2.45, 2.75) is 13.3 Å². The summed E-state index contributed by atoms with van der Waals surface area (Å²) in [6.45, 7) is 2.44. The fourth-order valence-corrected chi connectivity index (χ4v) is 4.68. The minimum atomic E-state index is 0.280. The molecule has 6 heteroatoms. The molecule has 134 valence electrons. The highest BCUT2D eigenvalue weighted by Gasteiger charge is 2.16. The monoisotopic (exact) mass is 392 g/mol. The van der Waals surface area contributed by atoms with Crippen LogP contribution < -0.4 is 9.47 Å². The molecule has 0 saturated carbocycles. The molecule has 0 spiro atoms. The Morgan fingerprint density at radius 2 is 1.44 bits per heavy atom. The Morgan fingerprint density at radius 3 is 2.15 bits per heavy atom. The largest absolute Gasteiger partial charge is 0.454 e. The number of fused-ring (bicyclic) bond motifs is 1.